The van der Waals surface area contributed by atoms with Gasteiger partial charge in [-0.2, -0.15) is 13.2 Å². The number of carbonyl (C=O) groups is 1. The summed E-state index contributed by atoms with van der Waals surface area (Å²) in [4.78, 5) is 12.4. The first-order valence-electron chi connectivity index (χ1n) is 7.14. The van der Waals surface area contributed by atoms with Crippen molar-refractivity contribution < 1.29 is 22.7 Å². The van der Waals surface area contributed by atoms with Crippen LogP contribution in [0.15, 0.2) is 36.4 Å². The number of aryl methyl sites for hydroxylation is 1. The average Bonchev–Trinajstić information content (AvgIpc) is 2.50. The van der Waals surface area contributed by atoms with Crippen LogP contribution in [0, 0.1) is 6.92 Å². The summed E-state index contributed by atoms with van der Waals surface area (Å²) in [5, 5.41) is 2.02. The molecule has 2 aromatic carbocycles. The van der Waals surface area contributed by atoms with E-state index in [-0.39, 0.29) is 11.3 Å². The van der Waals surface area contributed by atoms with Crippen molar-refractivity contribution in [3.8, 4) is 5.75 Å². The van der Waals surface area contributed by atoms with Gasteiger partial charge in [0, 0.05) is 5.69 Å². The van der Waals surface area contributed by atoms with Gasteiger partial charge in [0.15, 0.2) is 0 Å². The molecular weight excluding hydrogens is 343 g/mol. The van der Waals surface area contributed by atoms with Gasteiger partial charge >= 0.3 is 6.18 Å². The first-order valence-corrected chi connectivity index (χ1v) is 7.51. The second-order valence-electron chi connectivity index (χ2n) is 5.08. The predicted molar refractivity (Wildman–Crippen MR) is 86.8 cm³/mol. The van der Waals surface area contributed by atoms with Gasteiger partial charge in [-0.15, -0.1) is 0 Å². The monoisotopic (exact) mass is 357 g/mol. The molecule has 1 N–H and O–H groups in total. The molecule has 0 aliphatic heterocycles. The maximum absolute atomic E-state index is 12.9. The van der Waals surface area contributed by atoms with Crippen LogP contribution < -0.4 is 10.1 Å². The molecule has 0 aliphatic carbocycles. The number of amides is 1. The molecule has 0 atom stereocenters. The highest BCUT2D eigenvalue weighted by Crippen LogP contribution is 2.36. The first-order chi connectivity index (χ1) is 11.2. The molecule has 0 saturated heterocycles. The Hall–Kier alpha value is -2.21. The van der Waals surface area contributed by atoms with Gasteiger partial charge in [-0.3, -0.25) is 4.79 Å². The zero-order valence-electron chi connectivity index (χ0n) is 13.0. The van der Waals surface area contributed by atoms with E-state index in [1.54, 1.807) is 32.0 Å². The Balaban J connectivity index is 2.32. The Morgan fingerprint density at radius 2 is 1.92 bits per heavy atom. The Labute approximate surface area is 142 Å². The number of ether oxygens (including phenoxy) is 1. The van der Waals surface area contributed by atoms with Gasteiger partial charge in [-0.05, 0) is 44.2 Å². The standard InChI is InChI=1S/C17H15ClF3NO2/c1-3-24-15-7-4-10(2)8-12(15)16(23)22-11-5-6-14(18)13(9-11)17(19,20)21/h4-9H,3H2,1-2H3,(H,22,23). The molecule has 7 heteroatoms. The molecule has 0 aromatic heterocycles. The van der Waals surface area contributed by atoms with Crippen molar-refractivity contribution in [1.82, 2.24) is 0 Å². The first kappa shape index (κ1) is 18.1. The van der Waals surface area contributed by atoms with Crippen LogP contribution in [0.4, 0.5) is 18.9 Å². The van der Waals surface area contributed by atoms with Crippen LogP contribution in [-0.4, -0.2) is 12.5 Å². The number of hydrogen-bond acceptors (Lipinski definition) is 2. The summed E-state index contributed by atoms with van der Waals surface area (Å²) in [5.74, 6) is -0.191. The fourth-order valence-electron chi connectivity index (χ4n) is 2.12. The van der Waals surface area contributed by atoms with Crippen LogP contribution in [0.5, 0.6) is 5.75 Å². The molecule has 0 aliphatic rings. The molecule has 0 fully saturated rings. The van der Waals surface area contributed by atoms with E-state index in [9.17, 15) is 18.0 Å². The van der Waals surface area contributed by atoms with Gasteiger partial charge in [0.25, 0.3) is 5.91 Å². The second-order valence-corrected chi connectivity index (χ2v) is 5.49. The van der Waals surface area contributed by atoms with E-state index in [1.165, 1.54) is 6.07 Å². The molecule has 0 radical (unpaired) electrons. The third-order valence-electron chi connectivity index (χ3n) is 3.21. The molecule has 0 heterocycles. The average molecular weight is 358 g/mol. The van der Waals surface area contributed by atoms with Gasteiger partial charge in [-0.1, -0.05) is 23.2 Å². The summed E-state index contributed by atoms with van der Waals surface area (Å²) < 4.78 is 44.1. The van der Waals surface area contributed by atoms with E-state index in [2.05, 4.69) is 5.32 Å². The van der Waals surface area contributed by atoms with E-state index in [0.717, 1.165) is 17.7 Å². The van der Waals surface area contributed by atoms with E-state index in [0.29, 0.717) is 12.4 Å². The van der Waals surface area contributed by atoms with Crippen molar-refractivity contribution in [2.24, 2.45) is 0 Å². The Morgan fingerprint density at radius 3 is 2.54 bits per heavy atom. The number of rotatable bonds is 4. The van der Waals surface area contributed by atoms with E-state index < -0.39 is 22.7 Å². The lowest BCUT2D eigenvalue weighted by Gasteiger charge is -2.14. The van der Waals surface area contributed by atoms with Crippen LogP contribution in [0.2, 0.25) is 5.02 Å². The molecule has 2 rings (SSSR count). The number of carbonyl (C=O) groups excluding carboxylic acids is 1. The SMILES string of the molecule is CCOc1ccc(C)cc1C(=O)Nc1ccc(Cl)c(C(F)(F)F)c1. The summed E-state index contributed by atoms with van der Waals surface area (Å²) in [6.45, 7) is 3.94. The van der Waals surface area contributed by atoms with Crippen molar-refractivity contribution in [3.05, 3.63) is 58.1 Å². The minimum absolute atomic E-state index is 0.000629. The van der Waals surface area contributed by atoms with Crippen LogP contribution in [0.1, 0.15) is 28.4 Å². The van der Waals surface area contributed by atoms with E-state index >= 15 is 0 Å². The molecule has 1 amide bonds. The molecule has 24 heavy (non-hydrogen) atoms. The number of benzene rings is 2. The van der Waals surface area contributed by atoms with E-state index in [4.69, 9.17) is 16.3 Å². The number of anilines is 1. The van der Waals surface area contributed by atoms with Gasteiger partial charge in [0.1, 0.15) is 5.75 Å². The molecular formula is C17H15ClF3NO2. The Morgan fingerprint density at radius 1 is 1.21 bits per heavy atom. The topological polar surface area (TPSA) is 38.3 Å². The van der Waals surface area contributed by atoms with Gasteiger partial charge in [0.05, 0.1) is 22.8 Å². The second kappa shape index (κ2) is 7.13. The Bertz CT molecular complexity index is 760. The lowest BCUT2D eigenvalue weighted by Crippen LogP contribution is -2.15. The molecule has 0 bridgehead atoms. The highest BCUT2D eigenvalue weighted by atomic mass is 35.5. The lowest BCUT2D eigenvalue weighted by molar-refractivity contribution is -0.137. The third kappa shape index (κ3) is 4.20. The molecule has 0 spiro atoms. The van der Waals surface area contributed by atoms with Gasteiger partial charge < -0.3 is 10.1 Å². The molecule has 0 saturated carbocycles. The zero-order chi connectivity index (χ0) is 17.9. The van der Waals surface area contributed by atoms with Crippen LogP contribution >= 0.6 is 11.6 Å². The maximum Gasteiger partial charge on any atom is 0.417 e. The van der Waals surface area contributed by atoms with Gasteiger partial charge in [0.2, 0.25) is 0 Å². The molecule has 3 nitrogen and oxygen atoms in total. The normalized spacial score (nSPS) is 11.2. The number of nitrogens with one attached hydrogen (secondary N) is 1. The summed E-state index contributed by atoms with van der Waals surface area (Å²) in [5.41, 5.74) is 0.0768. The van der Waals surface area contributed by atoms with Gasteiger partial charge in [-0.25, -0.2) is 0 Å². The van der Waals surface area contributed by atoms with Crippen LogP contribution in [-0.2, 0) is 6.18 Å². The Kier molecular flexibility index (Phi) is 5.39. The van der Waals surface area contributed by atoms with Crippen molar-refractivity contribution in [2.75, 3.05) is 11.9 Å². The lowest BCUT2D eigenvalue weighted by atomic mass is 10.1. The largest absolute Gasteiger partial charge is 0.493 e. The predicted octanol–water partition coefficient (Wildman–Crippen LogP) is 5.32. The summed E-state index contributed by atoms with van der Waals surface area (Å²) >= 11 is 5.57. The highest BCUT2D eigenvalue weighted by molar-refractivity contribution is 6.31. The highest BCUT2D eigenvalue weighted by Gasteiger charge is 2.33. The van der Waals surface area contributed by atoms with Crippen molar-refractivity contribution >= 4 is 23.2 Å². The molecule has 0 unspecified atom stereocenters. The van der Waals surface area contributed by atoms with E-state index in [1.807, 2.05) is 0 Å². The number of hydrogen-bond donors (Lipinski definition) is 1. The number of alkyl halides is 3. The smallest absolute Gasteiger partial charge is 0.417 e. The zero-order valence-corrected chi connectivity index (χ0v) is 13.8. The summed E-state index contributed by atoms with van der Waals surface area (Å²) in [7, 11) is 0. The van der Waals surface area contributed by atoms with Crippen molar-refractivity contribution in [1.29, 1.82) is 0 Å². The van der Waals surface area contributed by atoms with Crippen molar-refractivity contribution in [2.45, 2.75) is 20.0 Å². The van der Waals surface area contributed by atoms with Crippen LogP contribution in [0.3, 0.4) is 0 Å². The summed E-state index contributed by atoms with van der Waals surface area (Å²) in [6, 6.07) is 8.26. The maximum atomic E-state index is 12.9. The number of halogens is 4. The fourth-order valence-corrected chi connectivity index (χ4v) is 2.35. The minimum Gasteiger partial charge on any atom is -0.493 e. The minimum atomic E-state index is -4.60. The summed E-state index contributed by atoms with van der Waals surface area (Å²) in [6.07, 6.45) is -4.60. The molecule has 128 valence electrons. The third-order valence-corrected chi connectivity index (χ3v) is 3.54. The van der Waals surface area contributed by atoms with Crippen molar-refractivity contribution in [3.63, 3.8) is 0 Å². The fraction of sp³-hybridized carbons (Fsp3) is 0.235. The quantitative estimate of drug-likeness (QED) is 0.804. The van der Waals surface area contributed by atoms with Crippen LogP contribution in [0.25, 0.3) is 0 Å². The molecule has 2 aromatic rings.